The van der Waals surface area contributed by atoms with E-state index in [9.17, 15) is 9.59 Å². The maximum atomic E-state index is 11.4. The number of hydrogen-bond acceptors (Lipinski definition) is 3. The predicted octanol–water partition coefficient (Wildman–Crippen LogP) is 3.10. The van der Waals surface area contributed by atoms with Crippen LogP contribution in [-0.4, -0.2) is 12.3 Å². The van der Waals surface area contributed by atoms with Crippen LogP contribution in [0.2, 0.25) is 0 Å². The molecule has 0 amide bonds. The van der Waals surface area contributed by atoms with Gasteiger partial charge < -0.3 is 4.74 Å². The van der Waals surface area contributed by atoms with Gasteiger partial charge in [0.15, 0.2) is 0 Å². The first-order chi connectivity index (χ1) is 8.27. The molecule has 0 N–H and O–H groups in total. The fourth-order valence-corrected chi connectivity index (χ4v) is 2.65. The fourth-order valence-electron chi connectivity index (χ4n) is 2.65. The summed E-state index contributed by atoms with van der Waals surface area (Å²) in [6.07, 6.45) is 0.423. The molecule has 0 heterocycles. The van der Waals surface area contributed by atoms with Gasteiger partial charge in [-0.2, -0.15) is 0 Å². The van der Waals surface area contributed by atoms with Gasteiger partial charge in [-0.1, -0.05) is 19.9 Å². The summed E-state index contributed by atoms with van der Waals surface area (Å²) in [6, 6.07) is 3.87. The molecule has 3 heteroatoms. The van der Waals surface area contributed by atoms with E-state index in [-0.39, 0.29) is 11.2 Å². The van der Waals surface area contributed by atoms with Crippen molar-refractivity contribution < 1.29 is 14.3 Å². The highest BCUT2D eigenvalue weighted by atomic mass is 16.5. The average molecular weight is 248 g/mol. The van der Waals surface area contributed by atoms with Gasteiger partial charge in [0.1, 0.15) is 11.5 Å². The normalized spacial score (nSPS) is 11.2. The van der Waals surface area contributed by atoms with Gasteiger partial charge in [0.2, 0.25) is 0 Å². The van der Waals surface area contributed by atoms with E-state index < -0.39 is 0 Å². The Bertz CT molecular complexity index is 473. The van der Waals surface area contributed by atoms with Crippen molar-refractivity contribution >= 4 is 12.3 Å². The number of carbonyl (C=O) groups is 2. The third-order valence-electron chi connectivity index (χ3n) is 2.99. The molecule has 0 bridgehead atoms. The summed E-state index contributed by atoms with van der Waals surface area (Å²) < 4.78 is 5.07. The van der Waals surface area contributed by atoms with Crippen molar-refractivity contribution in [3.63, 3.8) is 0 Å². The standard InChI is InChI=1S/C15H20O3/c1-10-6-11(2)14(13(7-10)18-9-16)15(4,5)8-12(3)17/h6-7,9H,8H2,1-5H3. The summed E-state index contributed by atoms with van der Waals surface area (Å²) in [5.41, 5.74) is 2.65. The second-order valence-electron chi connectivity index (χ2n) is 5.43. The number of ether oxygens (including phenoxy) is 1. The number of benzene rings is 1. The summed E-state index contributed by atoms with van der Waals surface area (Å²) in [4.78, 5) is 22.0. The fraction of sp³-hybridized carbons (Fsp3) is 0.467. The van der Waals surface area contributed by atoms with Crippen LogP contribution in [0.1, 0.15) is 43.9 Å². The Morgan fingerprint density at radius 2 is 1.94 bits per heavy atom. The minimum atomic E-state index is -0.345. The molecule has 0 aliphatic heterocycles. The minimum absolute atomic E-state index is 0.122. The second-order valence-corrected chi connectivity index (χ2v) is 5.43. The highest BCUT2D eigenvalue weighted by molar-refractivity contribution is 5.77. The zero-order valence-corrected chi connectivity index (χ0v) is 11.7. The summed E-state index contributed by atoms with van der Waals surface area (Å²) >= 11 is 0. The van der Waals surface area contributed by atoms with E-state index in [1.807, 2.05) is 39.8 Å². The van der Waals surface area contributed by atoms with Gasteiger partial charge in [-0.05, 0) is 38.0 Å². The Morgan fingerprint density at radius 3 is 2.44 bits per heavy atom. The molecular formula is C15H20O3. The molecule has 18 heavy (non-hydrogen) atoms. The van der Waals surface area contributed by atoms with E-state index in [0.29, 0.717) is 18.6 Å². The molecule has 0 unspecified atom stereocenters. The number of carbonyl (C=O) groups excluding carboxylic acids is 2. The van der Waals surface area contributed by atoms with Gasteiger partial charge in [0, 0.05) is 17.4 Å². The first-order valence-electron chi connectivity index (χ1n) is 5.99. The van der Waals surface area contributed by atoms with Gasteiger partial charge in [0.05, 0.1) is 0 Å². The molecule has 0 saturated heterocycles. The molecule has 98 valence electrons. The highest BCUT2D eigenvalue weighted by Gasteiger charge is 2.28. The Balaban J connectivity index is 3.36. The van der Waals surface area contributed by atoms with Crippen LogP contribution in [0.3, 0.4) is 0 Å². The van der Waals surface area contributed by atoms with E-state index in [1.54, 1.807) is 6.92 Å². The van der Waals surface area contributed by atoms with Crippen LogP contribution in [0.25, 0.3) is 0 Å². The molecule has 1 rings (SSSR count). The molecule has 1 aromatic rings. The number of aryl methyl sites for hydroxylation is 2. The first kappa shape index (κ1) is 14.4. The molecule has 0 saturated carbocycles. The molecule has 0 radical (unpaired) electrons. The van der Waals surface area contributed by atoms with Gasteiger partial charge in [0.25, 0.3) is 6.47 Å². The van der Waals surface area contributed by atoms with E-state index in [1.165, 1.54) is 0 Å². The average Bonchev–Trinajstić information content (AvgIpc) is 2.13. The quantitative estimate of drug-likeness (QED) is 0.752. The summed E-state index contributed by atoms with van der Waals surface area (Å²) in [7, 11) is 0. The Labute approximate surface area is 108 Å². The lowest BCUT2D eigenvalue weighted by Gasteiger charge is -2.28. The van der Waals surface area contributed by atoms with Crippen molar-refractivity contribution in [1.29, 1.82) is 0 Å². The van der Waals surface area contributed by atoms with Crippen molar-refractivity contribution in [2.24, 2.45) is 0 Å². The number of hydrogen-bond donors (Lipinski definition) is 0. The van der Waals surface area contributed by atoms with E-state index in [4.69, 9.17) is 4.74 Å². The summed E-state index contributed by atoms with van der Waals surface area (Å²) in [5, 5.41) is 0. The van der Waals surface area contributed by atoms with Crippen LogP contribution in [0.5, 0.6) is 5.75 Å². The van der Waals surface area contributed by atoms with Crippen LogP contribution in [0.4, 0.5) is 0 Å². The Morgan fingerprint density at radius 1 is 1.33 bits per heavy atom. The maximum Gasteiger partial charge on any atom is 0.298 e. The van der Waals surface area contributed by atoms with Crippen LogP contribution < -0.4 is 4.74 Å². The highest BCUT2D eigenvalue weighted by Crippen LogP contribution is 2.37. The minimum Gasteiger partial charge on any atom is -0.428 e. The van der Waals surface area contributed by atoms with Crippen LogP contribution in [0.15, 0.2) is 12.1 Å². The van der Waals surface area contributed by atoms with E-state index in [0.717, 1.165) is 16.7 Å². The zero-order valence-electron chi connectivity index (χ0n) is 11.7. The molecule has 0 spiro atoms. The first-order valence-corrected chi connectivity index (χ1v) is 5.99. The van der Waals surface area contributed by atoms with Gasteiger partial charge in [-0.25, -0.2) is 0 Å². The maximum absolute atomic E-state index is 11.4. The van der Waals surface area contributed by atoms with Crippen LogP contribution >= 0.6 is 0 Å². The molecule has 0 aliphatic rings. The second kappa shape index (κ2) is 5.34. The lowest BCUT2D eigenvalue weighted by Crippen LogP contribution is -2.23. The third-order valence-corrected chi connectivity index (χ3v) is 2.99. The molecule has 0 aliphatic carbocycles. The van der Waals surface area contributed by atoms with Crippen LogP contribution in [0, 0.1) is 13.8 Å². The third kappa shape index (κ3) is 3.19. The van der Waals surface area contributed by atoms with Crippen molar-refractivity contribution in [2.45, 2.75) is 46.5 Å². The molecular weight excluding hydrogens is 228 g/mol. The molecule has 1 aromatic carbocycles. The number of Topliss-reactive ketones (excluding diaryl/α,β-unsaturated/α-hetero) is 1. The van der Waals surface area contributed by atoms with E-state index in [2.05, 4.69) is 0 Å². The summed E-state index contributed by atoms with van der Waals surface area (Å²) in [5.74, 6) is 0.672. The molecule has 0 fully saturated rings. The van der Waals surface area contributed by atoms with Gasteiger partial charge in [-0.15, -0.1) is 0 Å². The SMILES string of the molecule is CC(=O)CC(C)(C)c1c(C)cc(C)cc1OC=O. The lowest BCUT2D eigenvalue weighted by molar-refractivity contribution is -0.120. The Kier molecular flexibility index (Phi) is 4.28. The van der Waals surface area contributed by atoms with Crippen molar-refractivity contribution in [1.82, 2.24) is 0 Å². The predicted molar refractivity (Wildman–Crippen MR) is 70.9 cm³/mol. The van der Waals surface area contributed by atoms with Gasteiger partial charge >= 0.3 is 0 Å². The van der Waals surface area contributed by atoms with Crippen LogP contribution in [-0.2, 0) is 15.0 Å². The zero-order chi connectivity index (χ0) is 13.9. The van der Waals surface area contributed by atoms with Gasteiger partial charge in [-0.3, -0.25) is 9.59 Å². The largest absolute Gasteiger partial charge is 0.428 e. The Hall–Kier alpha value is -1.64. The molecule has 0 atom stereocenters. The molecule has 0 aromatic heterocycles. The van der Waals surface area contributed by atoms with Crippen molar-refractivity contribution in [3.05, 3.63) is 28.8 Å². The van der Waals surface area contributed by atoms with E-state index >= 15 is 0 Å². The topological polar surface area (TPSA) is 43.4 Å². The monoisotopic (exact) mass is 248 g/mol. The molecule has 3 nitrogen and oxygen atoms in total. The van der Waals surface area contributed by atoms with Crippen molar-refractivity contribution in [3.8, 4) is 5.75 Å². The smallest absolute Gasteiger partial charge is 0.298 e. The number of rotatable bonds is 5. The number of ketones is 1. The summed E-state index contributed by atoms with van der Waals surface area (Å²) in [6.45, 7) is 9.91. The lowest BCUT2D eigenvalue weighted by atomic mass is 9.77. The van der Waals surface area contributed by atoms with Crippen molar-refractivity contribution in [2.75, 3.05) is 0 Å².